The number of hydrogen-bond donors (Lipinski definition) is 2. The van der Waals surface area contributed by atoms with Crippen LogP contribution in [0.15, 0.2) is 70.1 Å². The van der Waals surface area contributed by atoms with Crippen molar-refractivity contribution >= 4 is 23.3 Å². The first kappa shape index (κ1) is 18.8. The third-order valence-electron chi connectivity index (χ3n) is 4.85. The Hall–Kier alpha value is -3.50. The average Bonchev–Trinajstić information content (AvgIpc) is 2.78. The van der Waals surface area contributed by atoms with Crippen molar-refractivity contribution in [2.45, 2.75) is 11.1 Å². The predicted molar refractivity (Wildman–Crippen MR) is 114 cm³/mol. The number of benzene rings is 2. The van der Waals surface area contributed by atoms with Crippen molar-refractivity contribution < 1.29 is 4.74 Å². The van der Waals surface area contributed by atoms with Crippen molar-refractivity contribution in [3.05, 3.63) is 87.2 Å². The summed E-state index contributed by atoms with van der Waals surface area (Å²) in [5.74, 6) is 0.639. The van der Waals surface area contributed by atoms with Gasteiger partial charge in [-0.25, -0.2) is 4.98 Å². The fourth-order valence-corrected chi connectivity index (χ4v) is 3.86. The third-order valence-corrected chi connectivity index (χ3v) is 5.43. The fraction of sp³-hybridized carbons (Fsp3) is 0.136. The minimum atomic E-state index is -0.537. The van der Waals surface area contributed by atoms with E-state index in [1.807, 2.05) is 60.9 Å². The van der Waals surface area contributed by atoms with Crippen molar-refractivity contribution in [3.63, 3.8) is 0 Å². The summed E-state index contributed by atoms with van der Waals surface area (Å²) in [5, 5.41) is 13.8. The lowest BCUT2D eigenvalue weighted by molar-refractivity contribution is 0.414. The first-order valence-electron chi connectivity index (χ1n) is 8.95. The van der Waals surface area contributed by atoms with Gasteiger partial charge >= 0.3 is 0 Å². The topological polar surface area (TPSA) is 90.8 Å². The molecule has 0 spiro atoms. The fourth-order valence-electron chi connectivity index (χ4n) is 3.48. The minimum Gasteiger partial charge on any atom is -0.497 e. The van der Waals surface area contributed by atoms with E-state index in [1.54, 1.807) is 7.11 Å². The van der Waals surface area contributed by atoms with E-state index in [0.717, 1.165) is 11.1 Å². The second kappa shape index (κ2) is 7.86. The Balaban J connectivity index is 1.99. The zero-order valence-electron chi connectivity index (χ0n) is 15.9. The standard InChI is InChI=1S/C22H18N4O2S/c1-28-15-10-8-13(9-11-15)17-16(12-23)19(14-6-4-3-5-7-14)24-20-18(17)21(27)26-22(25-20)29-2/h3-11,17H,1-2H3,(H2,24,25,26,27). The van der Waals surface area contributed by atoms with Crippen LogP contribution in [0.3, 0.4) is 0 Å². The predicted octanol–water partition coefficient (Wildman–Crippen LogP) is 3.99. The van der Waals surface area contributed by atoms with Gasteiger partial charge in [0.2, 0.25) is 0 Å². The molecular weight excluding hydrogens is 384 g/mol. The van der Waals surface area contributed by atoms with Gasteiger partial charge in [0, 0.05) is 0 Å². The first-order chi connectivity index (χ1) is 14.2. The molecule has 0 amide bonds. The van der Waals surface area contributed by atoms with E-state index in [1.165, 1.54) is 11.8 Å². The summed E-state index contributed by atoms with van der Waals surface area (Å²) < 4.78 is 5.25. The van der Waals surface area contributed by atoms with Crippen LogP contribution in [0.25, 0.3) is 5.70 Å². The lowest BCUT2D eigenvalue weighted by atomic mass is 9.81. The van der Waals surface area contributed by atoms with Crippen LogP contribution < -0.4 is 15.6 Å². The number of anilines is 1. The smallest absolute Gasteiger partial charge is 0.257 e. The van der Waals surface area contributed by atoms with E-state index < -0.39 is 5.92 Å². The summed E-state index contributed by atoms with van der Waals surface area (Å²) in [4.78, 5) is 20.3. The van der Waals surface area contributed by atoms with Gasteiger partial charge in [0.15, 0.2) is 5.16 Å². The maximum absolute atomic E-state index is 12.9. The third kappa shape index (κ3) is 3.39. The van der Waals surface area contributed by atoms with Crippen LogP contribution >= 0.6 is 11.8 Å². The highest BCUT2D eigenvalue weighted by Gasteiger charge is 2.34. The molecule has 0 saturated heterocycles. The number of H-pyrrole nitrogens is 1. The molecule has 1 atom stereocenters. The Bertz CT molecular complexity index is 1180. The van der Waals surface area contributed by atoms with Gasteiger partial charge in [0.1, 0.15) is 11.6 Å². The number of nitrogens with zero attached hydrogens (tertiary/aromatic N) is 2. The van der Waals surface area contributed by atoms with Gasteiger partial charge in [-0.2, -0.15) is 5.26 Å². The van der Waals surface area contributed by atoms with Gasteiger partial charge < -0.3 is 15.0 Å². The van der Waals surface area contributed by atoms with Crippen molar-refractivity contribution in [1.82, 2.24) is 9.97 Å². The average molecular weight is 402 g/mol. The normalized spacial score (nSPS) is 15.3. The lowest BCUT2D eigenvalue weighted by Gasteiger charge is -2.28. The number of methoxy groups -OCH3 is 1. The molecule has 0 aliphatic carbocycles. The van der Waals surface area contributed by atoms with Gasteiger partial charge in [0.25, 0.3) is 5.56 Å². The molecule has 6 nitrogen and oxygen atoms in total. The Labute approximate surface area is 172 Å². The Morgan fingerprint density at radius 1 is 1.14 bits per heavy atom. The molecule has 2 aromatic carbocycles. The molecule has 0 radical (unpaired) electrons. The zero-order chi connectivity index (χ0) is 20.4. The number of hydrogen-bond acceptors (Lipinski definition) is 6. The lowest BCUT2D eigenvalue weighted by Crippen LogP contribution is -2.27. The number of aromatic nitrogens is 2. The van der Waals surface area contributed by atoms with Crippen LogP contribution in [-0.4, -0.2) is 23.3 Å². The van der Waals surface area contributed by atoms with Crippen LogP contribution in [0.1, 0.15) is 22.6 Å². The molecule has 1 unspecified atom stereocenters. The van der Waals surface area contributed by atoms with Crippen LogP contribution in [0, 0.1) is 11.3 Å². The van der Waals surface area contributed by atoms with Gasteiger partial charge in [-0.1, -0.05) is 54.2 Å². The highest BCUT2D eigenvalue weighted by molar-refractivity contribution is 7.98. The summed E-state index contributed by atoms with van der Waals surface area (Å²) in [6, 6.07) is 19.3. The molecular formula is C22H18N4O2S. The van der Waals surface area contributed by atoms with Crippen molar-refractivity contribution in [2.75, 3.05) is 18.7 Å². The number of thioether (sulfide) groups is 1. The molecule has 3 aromatic rings. The van der Waals surface area contributed by atoms with Crippen LogP contribution in [0.5, 0.6) is 5.75 Å². The highest BCUT2D eigenvalue weighted by Crippen LogP contribution is 2.42. The molecule has 1 aliphatic rings. The number of rotatable bonds is 4. The van der Waals surface area contributed by atoms with E-state index in [2.05, 4.69) is 21.4 Å². The Morgan fingerprint density at radius 3 is 2.48 bits per heavy atom. The molecule has 1 aromatic heterocycles. The molecule has 2 heterocycles. The van der Waals surface area contributed by atoms with Crippen LogP contribution in [0.2, 0.25) is 0 Å². The maximum Gasteiger partial charge on any atom is 0.257 e. The van der Waals surface area contributed by atoms with E-state index in [-0.39, 0.29) is 5.56 Å². The highest BCUT2D eigenvalue weighted by atomic mass is 32.2. The van der Waals surface area contributed by atoms with Gasteiger partial charge in [-0.05, 0) is 29.5 Å². The largest absolute Gasteiger partial charge is 0.497 e. The van der Waals surface area contributed by atoms with Gasteiger partial charge in [-0.3, -0.25) is 4.79 Å². The van der Waals surface area contributed by atoms with Crippen LogP contribution in [0.4, 0.5) is 5.82 Å². The second-order valence-electron chi connectivity index (χ2n) is 6.44. The molecule has 7 heteroatoms. The molecule has 144 valence electrons. The Kier molecular flexibility index (Phi) is 5.10. The quantitative estimate of drug-likeness (QED) is 0.506. The summed E-state index contributed by atoms with van der Waals surface area (Å²) in [5.41, 5.74) is 2.99. The molecule has 29 heavy (non-hydrogen) atoms. The van der Waals surface area contributed by atoms with E-state index in [4.69, 9.17) is 4.74 Å². The van der Waals surface area contributed by atoms with Crippen molar-refractivity contribution in [1.29, 1.82) is 5.26 Å². The van der Waals surface area contributed by atoms with Crippen LogP contribution in [-0.2, 0) is 0 Å². The molecule has 0 saturated carbocycles. The molecule has 0 fully saturated rings. The molecule has 0 bridgehead atoms. The van der Waals surface area contributed by atoms with E-state index in [9.17, 15) is 10.1 Å². The minimum absolute atomic E-state index is 0.257. The Morgan fingerprint density at radius 2 is 1.86 bits per heavy atom. The molecule has 4 rings (SSSR count). The second-order valence-corrected chi connectivity index (χ2v) is 7.23. The number of fused-ring (bicyclic) bond motifs is 1. The first-order valence-corrected chi connectivity index (χ1v) is 10.2. The SMILES string of the molecule is COc1ccc(C2C(C#N)=C(c3ccccc3)Nc3nc(SC)[nH]c(=O)c32)cc1. The summed E-state index contributed by atoms with van der Waals surface area (Å²) in [6.45, 7) is 0. The number of aromatic amines is 1. The number of nitriles is 1. The van der Waals surface area contributed by atoms with Crippen molar-refractivity contribution in [3.8, 4) is 11.8 Å². The van der Waals surface area contributed by atoms with Crippen molar-refractivity contribution in [2.24, 2.45) is 0 Å². The molecule has 1 aliphatic heterocycles. The zero-order valence-corrected chi connectivity index (χ0v) is 16.7. The molecule has 2 N–H and O–H groups in total. The number of allylic oxidation sites excluding steroid dienone is 1. The summed E-state index contributed by atoms with van der Waals surface area (Å²) in [7, 11) is 1.60. The summed E-state index contributed by atoms with van der Waals surface area (Å²) >= 11 is 1.36. The van der Waals surface area contributed by atoms with E-state index in [0.29, 0.717) is 33.6 Å². The summed E-state index contributed by atoms with van der Waals surface area (Å²) in [6.07, 6.45) is 1.85. The maximum atomic E-state index is 12.9. The number of nitrogens with one attached hydrogen (secondary N) is 2. The van der Waals surface area contributed by atoms with Gasteiger partial charge in [-0.15, -0.1) is 0 Å². The number of ether oxygens (including phenoxy) is 1. The van der Waals surface area contributed by atoms with E-state index >= 15 is 0 Å². The monoisotopic (exact) mass is 402 g/mol. The van der Waals surface area contributed by atoms with Gasteiger partial charge in [0.05, 0.1) is 35.9 Å².